The highest BCUT2D eigenvalue weighted by molar-refractivity contribution is 7.99. The van der Waals surface area contributed by atoms with Gasteiger partial charge < -0.3 is 14.2 Å². The molecule has 2 heterocycles. The highest BCUT2D eigenvalue weighted by Gasteiger charge is 2.25. The fourth-order valence-electron chi connectivity index (χ4n) is 2.91. The Labute approximate surface area is 148 Å². The van der Waals surface area contributed by atoms with Crippen LogP contribution in [0.15, 0.2) is 40.8 Å². The van der Waals surface area contributed by atoms with Crippen molar-refractivity contribution in [2.24, 2.45) is 0 Å². The van der Waals surface area contributed by atoms with Gasteiger partial charge in [0.2, 0.25) is 5.75 Å². The molecule has 0 aromatic heterocycles. The van der Waals surface area contributed by atoms with Gasteiger partial charge in [-0.3, -0.25) is 4.79 Å². The topological polar surface area (TPSA) is 44.8 Å². The van der Waals surface area contributed by atoms with Crippen LogP contribution in [0.25, 0.3) is 6.08 Å². The van der Waals surface area contributed by atoms with Crippen molar-refractivity contribution in [1.82, 2.24) is 0 Å². The molecule has 6 heteroatoms. The first kappa shape index (κ1) is 16.0. The van der Waals surface area contributed by atoms with Gasteiger partial charge in [-0.15, -0.1) is 11.8 Å². The zero-order valence-corrected chi connectivity index (χ0v) is 14.3. The zero-order valence-electron chi connectivity index (χ0n) is 13.5. The Morgan fingerprint density at radius 2 is 2.08 bits per heavy atom. The molecule has 2 aromatic carbocycles. The second kappa shape index (κ2) is 6.44. The van der Waals surface area contributed by atoms with E-state index >= 15 is 0 Å². The number of benzene rings is 2. The first-order chi connectivity index (χ1) is 12.2. The largest absolute Gasteiger partial charge is 0.493 e. The van der Waals surface area contributed by atoms with E-state index in [0.29, 0.717) is 52.2 Å². The molecule has 0 spiro atoms. The van der Waals surface area contributed by atoms with Crippen molar-refractivity contribution < 1.29 is 23.4 Å². The Morgan fingerprint density at radius 3 is 2.92 bits per heavy atom. The zero-order chi connectivity index (χ0) is 17.4. The van der Waals surface area contributed by atoms with Crippen molar-refractivity contribution >= 4 is 23.6 Å². The number of hydrogen-bond acceptors (Lipinski definition) is 5. The molecule has 0 N–H and O–H groups in total. The third-order valence-corrected chi connectivity index (χ3v) is 5.23. The van der Waals surface area contributed by atoms with Crippen LogP contribution in [-0.4, -0.2) is 31.9 Å². The van der Waals surface area contributed by atoms with Crippen molar-refractivity contribution in [2.45, 2.75) is 4.90 Å². The lowest BCUT2D eigenvalue weighted by Gasteiger charge is -2.21. The number of hydrogen-bond donors (Lipinski definition) is 0. The lowest BCUT2D eigenvalue weighted by Crippen LogP contribution is -2.16. The second-order valence-electron chi connectivity index (χ2n) is 5.65. The molecule has 0 atom stereocenters. The number of carbonyl (C=O) groups is 1. The monoisotopic (exact) mass is 358 g/mol. The maximum absolute atomic E-state index is 13.8. The van der Waals surface area contributed by atoms with E-state index in [9.17, 15) is 9.18 Å². The number of Topliss-reactive ketones (excluding diaryl/α,β-unsaturated/α-hetero) is 1. The highest BCUT2D eigenvalue weighted by Crippen LogP contribution is 2.41. The van der Waals surface area contributed by atoms with Crippen LogP contribution >= 0.6 is 11.8 Å². The number of rotatable bonds is 2. The molecular formula is C19H15FO4S. The summed E-state index contributed by atoms with van der Waals surface area (Å²) in [6, 6.07) is 8.22. The molecule has 0 amide bonds. The quantitative estimate of drug-likeness (QED) is 0.760. The summed E-state index contributed by atoms with van der Waals surface area (Å²) in [6.07, 6.45) is 1.80. The molecule has 25 heavy (non-hydrogen) atoms. The molecule has 0 saturated heterocycles. The number of thioether (sulfide) groups is 1. The smallest absolute Gasteiger partial charge is 0.203 e. The van der Waals surface area contributed by atoms with Crippen molar-refractivity contribution in [3.8, 4) is 17.2 Å². The van der Waals surface area contributed by atoms with E-state index < -0.39 is 0 Å². The van der Waals surface area contributed by atoms with Gasteiger partial charge in [0.05, 0.1) is 12.0 Å². The van der Waals surface area contributed by atoms with E-state index in [4.69, 9.17) is 14.2 Å². The van der Waals surface area contributed by atoms with Gasteiger partial charge in [-0.25, -0.2) is 4.39 Å². The van der Waals surface area contributed by atoms with Gasteiger partial charge >= 0.3 is 0 Å². The summed E-state index contributed by atoms with van der Waals surface area (Å²) in [5, 5.41) is 0. The molecule has 0 fully saturated rings. The fourth-order valence-corrected chi connectivity index (χ4v) is 3.94. The number of carbonyl (C=O) groups excluding carboxylic acids is 1. The first-order valence-corrected chi connectivity index (χ1v) is 8.80. The molecule has 128 valence electrons. The Hall–Kier alpha value is -2.47. The molecule has 0 saturated carbocycles. The summed E-state index contributed by atoms with van der Waals surface area (Å²) < 4.78 is 30.4. The molecule has 0 radical (unpaired) electrons. The third-order valence-electron chi connectivity index (χ3n) is 4.07. The standard InChI is InChI=1S/C19H15FO4S/c1-22-15-8-11(9-16-18(15)24-6-5-23-16)7-12-10-25-19-13(17(12)21)3-2-4-14(19)20/h2-4,7-9H,5-6,10H2,1H3/b12-7+. The minimum Gasteiger partial charge on any atom is -0.493 e. The Bertz CT molecular complexity index is 874. The predicted molar refractivity (Wildman–Crippen MR) is 93.4 cm³/mol. The van der Waals surface area contributed by atoms with Crippen molar-refractivity contribution in [1.29, 1.82) is 0 Å². The van der Waals surface area contributed by atoms with Gasteiger partial charge in [0.1, 0.15) is 19.0 Å². The number of ketones is 1. The van der Waals surface area contributed by atoms with Crippen LogP contribution < -0.4 is 14.2 Å². The SMILES string of the molecule is COc1cc(/C=C2\CSc3c(F)cccc3C2=O)cc2c1OCCO2. The summed E-state index contributed by atoms with van der Waals surface area (Å²) in [6.45, 7) is 0.943. The molecule has 0 bridgehead atoms. The van der Waals surface area contributed by atoms with E-state index in [1.807, 2.05) is 6.07 Å². The van der Waals surface area contributed by atoms with Crippen LogP contribution in [0.4, 0.5) is 4.39 Å². The molecular weight excluding hydrogens is 343 g/mol. The van der Waals surface area contributed by atoms with Gasteiger partial charge in [0.25, 0.3) is 0 Å². The van der Waals surface area contributed by atoms with E-state index in [0.717, 1.165) is 5.56 Å². The van der Waals surface area contributed by atoms with Crippen LogP contribution in [0.2, 0.25) is 0 Å². The van der Waals surface area contributed by atoms with Gasteiger partial charge in [-0.2, -0.15) is 0 Å². The average Bonchev–Trinajstić information content (AvgIpc) is 2.64. The van der Waals surface area contributed by atoms with E-state index in [2.05, 4.69) is 0 Å². The summed E-state index contributed by atoms with van der Waals surface area (Å²) in [5.41, 5.74) is 1.80. The summed E-state index contributed by atoms with van der Waals surface area (Å²) in [5.74, 6) is 1.65. The van der Waals surface area contributed by atoms with Crippen LogP contribution in [0.1, 0.15) is 15.9 Å². The Kier molecular flexibility index (Phi) is 4.13. The second-order valence-corrected chi connectivity index (χ2v) is 6.64. The van der Waals surface area contributed by atoms with Gasteiger partial charge in [-0.05, 0) is 35.9 Å². The summed E-state index contributed by atoms with van der Waals surface area (Å²) >= 11 is 1.33. The number of fused-ring (bicyclic) bond motifs is 2. The minimum absolute atomic E-state index is 0.151. The number of ether oxygens (including phenoxy) is 3. The highest BCUT2D eigenvalue weighted by atomic mass is 32.2. The van der Waals surface area contributed by atoms with Crippen molar-refractivity contribution in [3.05, 3.63) is 52.8 Å². The maximum atomic E-state index is 13.8. The fraction of sp³-hybridized carbons (Fsp3) is 0.211. The minimum atomic E-state index is -0.351. The van der Waals surface area contributed by atoms with Crippen molar-refractivity contribution in [2.75, 3.05) is 26.1 Å². The van der Waals surface area contributed by atoms with Crippen LogP contribution in [-0.2, 0) is 0 Å². The van der Waals surface area contributed by atoms with Crippen molar-refractivity contribution in [3.63, 3.8) is 0 Å². The van der Waals surface area contributed by atoms with E-state index in [1.165, 1.54) is 17.8 Å². The third kappa shape index (κ3) is 2.87. The van der Waals surface area contributed by atoms with Crippen LogP contribution in [0.5, 0.6) is 17.2 Å². The molecule has 4 rings (SSSR count). The predicted octanol–water partition coefficient (Wildman–Crippen LogP) is 3.98. The Balaban J connectivity index is 1.73. The molecule has 0 unspecified atom stereocenters. The maximum Gasteiger partial charge on any atom is 0.203 e. The van der Waals surface area contributed by atoms with Crippen LogP contribution in [0, 0.1) is 5.82 Å². The lowest BCUT2D eigenvalue weighted by molar-refractivity contribution is 0.103. The summed E-state index contributed by atoms with van der Waals surface area (Å²) in [4.78, 5) is 13.1. The molecule has 2 aliphatic rings. The van der Waals surface area contributed by atoms with Gasteiger partial charge in [0.15, 0.2) is 17.3 Å². The van der Waals surface area contributed by atoms with Gasteiger partial charge in [-0.1, -0.05) is 6.07 Å². The molecule has 4 nitrogen and oxygen atoms in total. The molecule has 0 aliphatic carbocycles. The van der Waals surface area contributed by atoms with Gasteiger partial charge in [0, 0.05) is 16.9 Å². The lowest BCUT2D eigenvalue weighted by atomic mass is 10.0. The first-order valence-electron chi connectivity index (χ1n) is 7.81. The number of halogens is 1. The normalized spacial score (nSPS) is 17.4. The van der Waals surface area contributed by atoms with E-state index in [1.54, 1.807) is 31.4 Å². The molecule has 2 aliphatic heterocycles. The molecule has 2 aromatic rings. The average molecular weight is 358 g/mol. The van der Waals surface area contributed by atoms with Crippen LogP contribution in [0.3, 0.4) is 0 Å². The number of methoxy groups -OCH3 is 1. The Morgan fingerprint density at radius 1 is 1.24 bits per heavy atom. The van der Waals surface area contributed by atoms with E-state index in [-0.39, 0.29) is 11.6 Å². The summed E-state index contributed by atoms with van der Waals surface area (Å²) in [7, 11) is 1.56.